The molecule has 5 heteroatoms. The number of hydrogen-bond donors (Lipinski definition) is 1. The molecule has 0 aromatic heterocycles. The predicted molar refractivity (Wildman–Crippen MR) is 86.2 cm³/mol. The monoisotopic (exact) mass is 307 g/mol. The summed E-state index contributed by atoms with van der Waals surface area (Å²) in [6.07, 6.45) is 0. The van der Waals surface area contributed by atoms with Crippen LogP contribution in [0.1, 0.15) is 38.1 Å². The molecular formula is C17H25NO4. The SMILES string of the molecule is CCOC(=O)c1ccc(N(CC(C)C)CC(C)C(=O)O)cc1. The second-order valence-corrected chi connectivity index (χ2v) is 5.81. The van der Waals surface area contributed by atoms with Crippen molar-refractivity contribution in [3.63, 3.8) is 0 Å². The molecule has 0 spiro atoms. The van der Waals surface area contributed by atoms with Crippen molar-refractivity contribution in [2.24, 2.45) is 11.8 Å². The molecule has 0 saturated carbocycles. The predicted octanol–water partition coefficient (Wildman–Crippen LogP) is 3.05. The van der Waals surface area contributed by atoms with E-state index in [1.165, 1.54) is 0 Å². The van der Waals surface area contributed by atoms with Crippen molar-refractivity contribution < 1.29 is 19.4 Å². The zero-order chi connectivity index (χ0) is 16.7. The molecule has 1 aromatic carbocycles. The Kier molecular flexibility index (Phi) is 6.89. The van der Waals surface area contributed by atoms with Crippen LogP contribution in [0.4, 0.5) is 5.69 Å². The zero-order valence-corrected chi connectivity index (χ0v) is 13.7. The van der Waals surface area contributed by atoms with Crippen molar-refractivity contribution in [2.45, 2.75) is 27.7 Å². The molecule has 5 nitrogen and oxygen atoms in total. The third-order valence-electron chi connectivity index (χ3n) is 3.24. The van der Waals surface area contributed by atoms with Gasteiger partial charge in [0.15, 0.2) is 0 Å². The van der Waals surface area contributed by atoms with Gasteiger partial charge < -0.3 is 14.7 Å². The summed E-state index contributed by atoms with van der Waals surface area (Å²) < 4.78 is 4.96. The fourth-order valence-electron chi connectivity index (χ4n) is 2.16. The van der Waals surface area contributed by atoms with Crippen LogP contribution in [0.2, 0.25) is 0 Å². The van der Waals surface area contributed by atoms with Gasteiger partial charge in [-0.1, -0.05) is 20.8 Å². The molecule has 0 aliphatic rings. The Balaban J connectivity index is 2.89. The van der Waals surface area contributed by atoms with E-state index in [1.54, 1.807) is 26.0 Å². The molecule has 0 aliphatic carbocycles. The minimum atomic E-state index is -0.808. The van der Waals surface area contributed by atoms with Gasteiger partial charge in [-0.25, -0.2) is 4.79 Å². The van der Waals surface area contributed by atoms with Gasteiger partial charge in [0.05, 0.1) is 18.1 Å². The number of carbonyl (C=O) groups is 2. The number of carbonyl (C=O) groups excluding carboxylic acids is 1. The van der Waals surface area contributed by atoms with Crippen LogP contribution in [0.5, 0.6) is 0 Å². The van der Waals surface area contributed by atoms with E-state index >= 15 is 0 Å². The second kappa shape index (κ2) is 8.41. The first-order chi connectivity index (χ1) is 10.3. The normalized spacial score (nSPS) is 12.0. The number of benzene rings is 1. The molecule has 1 N–H and O–H groups in total. The molecule has 0 heterocycles. The van der Waals surface area contributed by atoms with Gasteiger partial charge >= 0.3 is 11.9 Å². The highest BCUT2D eigenvalue weighted by molar-refractivity contribution is 5.89. The average Bonchev–Trinajstić information content (AvgIpc) is 2.46. The van der Waals surface area contributed by atoms with Gasteiger partial charge in [0, 0.05) is 18.8 Å². The summed E-state index contributed by atoms with van der Waals surface area (Å²) in [5.41, 5.74) is 1.41. The molecule has 0 amide bonds. The van der Waals surface area contributed by atoms with Gasteiger partial charge in [0.1, 0.15) is 0 Å². The summed E-state index contributed by atoms with van der Waals surface area (Å²) in [4.78, 5) is 24.8. The molecule has 122 valence electrons. The van der Waals surface area contributed by atoms with Crippen molar-refractivity contribution in [2.75, 3.05) is 24.6 Å². The Morgan fingerprint density at radius 3 is 2.18 bits per heavy atom. The minimum absolute atomic E-state index is 0.343. The molecule has 0 bridgehead atoms. The van der Waals surface area contributed by atoms with Crippen LogP contribution in [0, 0.1) is 11.8 Å². The first kappa shape index (κ1) is 18.0. The largest absolute Gasteiger partial charge is 0.481 e. The van der Waals surface area contributed by atoms with Crippen LogP contribution in [0.3, 0.4) is 0 Å². The highest BCUT2D eigenvalue weighted by atomic mass is 16.5. The molecule has 1 aromatic rings. The molecule has 1 unspecified atom stereocenters. The maximum atomic E-state index is 11.7. The van der Waals surface area contributed by atoms with Gasteiger partial charge in [-0.3, -0.25) is 4.79 Å². The number of aliphatic carboxylic acids is 1. The molecule has 1 atom stereocenters. The Morgan fingerprint density at radius 2 is 1.73 bits per heavy atom. The summed E-state index contributed by atoms with van der Waals surface area (Å²) in [5, 5.41) is 9.10. The molecular weight excluding hydrogens is 282 g/mol. The van der Waals surface area contributed by atoms with Gasteiger partial charge in [-0.15, -0.1) is 0 Å². The third kappa shape index (κ3) is 5.39. The van der Waals surface area contributed by atoms with Gasteiger partial charge in [0.25, 0.3) is 0 Å². The Hall–Kier alpha value is -2.04. The third-order valence-corrected chi connectivity index (χ3v) is 3.24. The number of carboxylic acids is 1. The summed E-state index contributed by atoms with van der Waals surface area (Å²) in [6.45, 7) is 9.18. The first-order valence-electron chi connectivity index (χ1n) is 7.60. The van der Waals surface area contributed by atoms with Crippen molar-refractivity contribution in [3.05, 3.63) is 29.8 Å². The molecule has 0 saturated heterocycles. The maximum absolute atomic E-state index is 11.7. The smallest absolute Gasteiger partial charge is 0.338 e. The average molecular weight is 307 g/mol. The fourth-order valence-corrected chi connectivity index (χ4v) is 2.16. The van der Waals surface area contributed by atoms with Crippen LogP contribution in [0.25, 0.3) is 0 Å². The van der Waals surface area contributed by atoms with Gasteiger partial charge in [0.2, 0.25) is 0 Å². The summed E-state index contributed by atoms with van der Waals surface area (Å²) in [5.74, 6) is -1.20. The minimum Gasteiger partial charge on any atom is -0.481 e. The number of carboxylic acid groups (broad SMARTS) is 1. The van der Waals surface area contributed by atoms with E-state index in [9.17, 15) is 9.59 Å². The van der Waals surface area contributed by atoms with Crippen LogP contribution in [0.15, 0.2) is 24.3 Å². The topological polar surface area (TPSA) is 66.8 Å². The van der Waals surface area contributed by atoms with E-state index in [2.05, 4.69) is 13.8 Å². The Labute approximate surface area is 131 Å². The molecule has 22 heavy (non-hydrogen) atoms. The maximum Gasteiger partial charge on any atom is 0.338 e. The van der Waals surface area contributed by atoms with Gasteiger partial charge in [-0.2, -0.15) is 0 Å². The van der Waals surface area contributed by atoms with Crippen LogP contribution in [-0.2, 0) is 9.53 Å². The van der Waals surface area contributed by atoms with Crippen molar-refractivity contribution in [1.29, 1.82) is 0 Å². The molecule has 0 aliphatic heterocycles. The summed E-state index contributed by atoms with van der Waals surface area (Å²) >= 11 is 0. The van der Waals surface area contributed by atoms with Gasteiger partial charge in [-0.05, 0) is 37.1 Å². The number of esters is 1. The molecule has 0 radical (unpaired) electrons. The Bertz CT molecular complexity index is 496. The number of hydrogen-bond acceptors (Lipinski definition) is 4. The lowest BCUT2D eigenvalue weighted by Gasteiger charge is -2.28. The number of nitrogens with zero attached hydrogens (tertiary/aromatic N) is 1. The highest BCUT2D eigenvalue weighted by Crippen LogP contribution is 2.19. The van der Waals surface area contributed by atoms with Crippen LogP contribution >= 0.6 is 0 Å². The fraction of sp³-hybridized carbons (Fsp3) is 0.529. The first-order valence-corrected chi connectivity index (χ1v) is 7.60. The number of rotatable bonds is 8. The van der Waals surface area contributed by atoms with E-state index in [0.29, 0.717) is 24.6 Å². The number of anilines is 1. The quantitative estimate of drug-likeness (QED) is 0.748. The molecule has 0 fully saturated rings. The van der Waals surface area contributed by atoms with E-state index < -0.39 is 11.9 Å². The Morgan fingerprint density at radius 1 is 1.14 bits per heavy atom. The number of ether oxygens (including phenoxy) is 1. The van der Waals surface area contributed by atoms with Crippen molar-refractivity contribution >= 4 is 17.6 Å². The van der Waals surface area contributed by atoms with Crippen LogP contribution < -0.4 is 4.90 Å². The lowest BCUT2D eigenvalue weighted by atomic mass is 10.1. The lowest BCUT2D eigenvalue weighted by molar-refractivity contribution is -0.140. The van der Waals surface area contributed by atoms with E-state index in [-0.39, 0.29) is 5.97 Å². The van der Waals surface area contributed by atoms with Crippen LogP contribution in [-0.4, -0.2) is 36.7 Å². The van der Waals surface area contributed by atoms with E-state index in [4.69, 9.17) is 9.84 Å². The highest BCUT2D eigenvalue weighted by Gasteiger charge is 2.18. The van der Waals surface area contributed by atoms with Crippen molar-refractivity contribution in [1.82, 2.24) is 0 Å². The summed E-state index contributed by atoms with van der Waals surface area (Å²) in [6, 6.07) is 7.10. The molecule has 1 rings (SSSR count). The lowest BCUT2D eigenvalue weighted by Crippen LogP contribution is -2.34. The zero-order valence-electron chi connectivity index (χ0n) is 13.7. The van der Waals surface area contributed by atoms with E-state index in [1.807, 2.05) is 17.0 Å². The van der Waals surface area contributed by atoms with Crippen molar-refractivity contribution in [3.8, 4) is 0 Å². The summed E-state index contributed by atoms with van der Waals surface area (Å²) in [7, 11) is 0. The second-order valence-electron chi connectivity index (χ2n) is 5.81. The standard InChI is InChI=1S/C17H25NO4/c1-5-22-17(21)14-6-8-15(9-7-14)18(10-12(2)3)11-13(4)16(19)20/h6-9,12-13H,5,10-11H2,1-4H3,(H,19,20). The van der Waals surface area contributed by atoms with E-state index in [0.717, 1.165) is 12.2 Å².